The molecule has 1 atom stereocenters. The van der Waals surface area contributed by atoms with Gasteiger partial charge < -0.3 is 10.1 Å². The molecular formula is C14H17ClN2O2. The van der Waals surface area contributed by atoms with Crippen molar-refractivity contribution in [3.63, 3.8) is 0 Å². The van der Waals surface area contributed by atoms with E-state index in [1.54, 1.807) is 19.1 Å². The number of ether oxygens (including phenoxy) is 1. The van der Waals surface area contributed by atoms with Crippen LogP contribution in [0.3, 0.4) is 0 Å². The first-order chi connectivity index (χ1) is 8.73. The number of hydrogen-bond donors (Lipinski definition) is 1. The fourth-order valence-corrected chi connectivity index (χ4v) is 1.60. The topological polar surface area (TPSA) is 62.1 Å². The molecule has 0 aliphatic heterocycles. The van der Waals surface area contributed by atoms with Gasteiger partial charge in [0.25, 0.3) is 5.91 Å². The quantitative estimate of drug-likeness (QED) is 0.926. The Morgan fingerprint density at radius 3 is 2.58 bits per heavy atom. The molecule has 0 bridgehead atoms. The minimum absolute atomic E-state index is 0.201. The number of nitrogens with zero attached hydrogens (tertiary/aromatic N) is 1. The molecule has 1 amide bonds. The summed E-state index contributed by atoms with van der Waals surface area (Å²) in [5.41, 5.74) is 0.0672. The predicted octanol–water partition coefficient (Wildman–Crippen LogP) is 2.89. The average molecular weight is 281 g/mol. The van der Waals surface area contributed by atoms with Gasteiger partial charge in [0.1, 0.15) is 11.8 Å². The van der Waals surface area contributed by atoms with Crippen molar-refractivity contribution in [1.29, 1.82) is 5.26 Å². The molecule has 1 N–H and O–H groups in total. The smallest absolute Gasteiger partial charge is 0.261 e. The Hall–Kier alpha value is -1.73. The Labute approximate surface area is 118 Å². The third-order valence-corrected chi connectivity index (χ3v) is 2.55. The van der Waals surface area contributed by atoms with Crippen LogP contribution in [0.5, 0.6) is 5.75 Å². The first-order valence-corrected chi connectivity index (χ1v) is 6.29. The molecule has 0 aromatic heterocycles. The molecule has 0 heterocycles. The van der Waals surface area contributed by atoms with E-state index in [1.807, 2.05) is 26.8 Å². The highest BCUT2D eigenvalue weighted by Gasteiger charge is 2.20. The van der Waals surface area contributed by atoms with Crippen LogP contribution in [0.2, 0.25) is 5.02 Å². The van der Waals surface area contributed by atoms with Gasteiger partial charge in [0.15, 0.2) is 6.10 Å². The van der Waals surface area contributed by atoms with Crippen LogP contribution >= 0.6 is 11.6 Å². The highest BCUT2D eigenvalue weighted by atomic mass is 35.5. The third-order valence-electron chi connectivity index (χ3n) is 2.24. The fourth-order valence-electron chi connectivity index (χ4n) is 1.39. The van der Waals surface area contributed by atoms with Crippen molar-refractivity contribution >= 4 is 17.5 Å². The van der Waals surface area contributed by atoms with Gasteiger partial charge >= 0.3 is 0 Å². The molecule has 0 aliphatic rings. The largest absolute Gasteiger partial charge is 0.481 e. The number of nitrogens with one attached hydrogen (secondary N) is 1. The summed E-state index contributed by atoms with van der Waals surface area (Å²) in [4.78, 5) is 11.8. The number of rotatable bonds is 3. The van der Waals surface area contributed by atoms with Crippen molar-refractivity contribution in [3.8, 4) is 11.8 Å². The Balaban J connectivity index is 2.72. The molecule has 1 aromatic carbocycles. The number of amides is 1. The number of nitriles is 1. The molecule has 0 aliphatic carbocycles. The first-order valence-electron chi connectivity index (χ1n) is 5.91. The van der Waals surface area contributed by atoms with Gasteiger partial charge in [-0.1, -0.05) is 11.6 Å². The van der Waals surface area contributed by atoms with Crippen LogP contribution in [-0.2, 0) is 4.79 Å². The molecule has 0 fully saturated rings. The van der Waals surface area contributed by atoms with E-state index < -0.39 is 6.10 Å². The van der Waals surface area contributed by atoms with E-state index in [4.69, 9.17) is 21.6 Å². The lowest BCUT2D eigenvalue weighted by atomic mass is 10.1. The summed E-state index contributed by atoms with van der Waals surface area (Å²) < 4.78 is 5.50. The lowest BCUT2D eigenvalue weighted by Gasteiger charge is -2.23. The van der Waals surface area contributed by atoms with E-state index >= 15 is 0 Å². The minimum atomic E-state index is -0.636. The molecular weight excluding hydrogens is 264 g/mol. The Kier molecular flexibility index (Phi) is 4.79. The van der Waals surface area contributed by atoms with E-state index in [-0.39, 0.29) is 11.4 Å². The summed E-state index contributed by atoms with van der Waals surface area (Å²) in [5, 5.41) is 11.9. The van der Waals surface area contributed by atoms with E-state index in [9.17, 15) is 4.79 Å². The van der Waals surface area contributed by atoms with Crippen molar-refractivity contribution in [2.45, 2.75) is 39.3 Å². The molecule has 19 heavy (non-hydrogen) atoms. The SMILES string of the molecule is CC(Oc1ccc(C#N)c(Cl)c1)C(=O)NC(C)(C)C. The molecule has 102 valence electrons. The van der Waals surface area contributed by atoms with Gasteiger partial charge in [-0.3, -0.25) is 4.79 Å². The highest BCUT2D eigenvalue weighted by molar-refractivity contribution is 6.31. The summed E-state index contributed by atoms with van der Waals surface area (Å²) in [7, 11) is 0. The second kappa shape index (κ2) is 5.94. The Morgan fingerprint density at radius 1 is 1.47 bits per heavy atom. The molecule has 0 saturated carbocycles. The molecule has 0 spiro atoms. The fraction of sp³-hybridized carbons (Fsp3) is 0.429. The van der Waals surface area contributed by atoms with Crippen molar-refractivity contribution in [3.05, 3.63) is 28.8 Å². The van der Waals surface area contributed by atoms with E-state index in [2.05, 4.69) is 5.32 Å². The lowest BCUT2D eigenvalue weighted by Crippen LogP contribution is -2.46. The van der Waals surface area contributed by atoms with Crippen LogP contribution in [0.1, 0.15) is 33.3 Å². The standard InChI is InChI=1S/C14H17ClN2O2/c1-9(13(18)17-14(2,3)4)19-11-6-5-10(8-16)12(15)7-11/h5-7,9H,1-4H3,(H,17,18). The summed E-state index contributed by atoms with van der Waals surface area (Å²) in [6.07, 6.45) is -0.636. The van der Waals surface area contributed by atoms with Crippen LogP contribution in [0, 0.1) is 11.3 Å². The second-order valence-electron chi connectivity index (χ2n) is 5.25. The number of benzene rings is 1. The molecule has 0 radical (unpaired) electrons. The lowest BCUT2D eigenvalue weighted by molar-refractivity contribution is -0.128. The summed E-state index contributed by atoms with van der Waals surface area (Å²) in [6.45, 7) is 7.36. The molecule has 0 saturated heterocycles. The van der Waals surface area contributed by atoms with Gasteiger partial charge in [-0.25, -0.2) is 0 Å². The zero-order valence-electron chi connectivity index (χ0n) is 11.5. The average Bonchev–Trinajstić information content (AvgIpc) is 2.27. The predicted molar refractivity (Wildman–Crippen MR) is 74.2 cm³/mol. The van der Waals surface area contributed by atoms with Gasteiger partial charge in [-0.05, 0) is 39.8 Å². The summed E-state index contributed by atoms with van der Waals surface area (Å²) in [5.74, 6) is 0.258. The van der Waals surface area contributed by atoms with E-state index in [0.717, 1.165) is 0 Å². The summed E-state index contributed by atoms with van der Waals surface area (Å²) in [6, 6.07) is 6.67. The van der Waals surface area contributed by atoms with Gasteiger partial charge in [-0.2, -0.15) is 5.26 Å². The zero-order chi connectivity index (χ0) is 14.6. The molecule has 5 heteroatoms. The van der Waals surface area contributed by atoms with Crippen LogP contribution in [0.25, 0.3) is 0 Å². The monoisotopic (exact) mass is 280 g/mol. The van der Waals surface area contributed by atoms with Gasteiger partial charge in [0.2, 0.25) is 0 Å². The van der Waals surface area contributed by atoms with E-state index in [0.29, 0.717) is 16.3 Å². The molecule has 1 unspecified atom stereocenters. The molecule has 4 nitrogen and oxygen atoms in total. The number of carbonyl (C=O) groups excluding carboxylic acids is 1. The van der Waals surface area contributed by atoms with Gasteiger partial charge in [0.05, 0.1) is 10.6 Å². The Morgan fingerprint density at radius 2 is 2.11 bits per heavy atom. The minimum Gasteiger partial charge on any atom is -0.481 e. The van der Waals surface area contributed by atoms with E-state index in [1.165, 1.54) is 6.07 Å². The van der Waals surface area contributed by atoms with Gasteiger partial charge in [-0.15, -0.1) is 0 Å². The van der Waals surface area contributed by atoms with Crippen LogP contribution in [0.15, 0.2) is 18.2 Å². The van der Waals surface area contributed by atoms with Gasteiger partial charge in [0, 0.05) is 11.6 Å². The molecule has 1 rings (SSSR count). The maximum Gasteiger partial charge on any atom is 0.261 e. The highest BCUT2D eigenvalue weighted by Crippen LogP contribution is 2.22. The zero-order valence-corrected chi connectivity index (χ0v) is 12.2. The van der Waals surface area contributed by atoms with Crippen LogP contribution in [0.4, 0.5) is 0 Å². The van der Waals surface area contributed by atoms with Crippen molar-refractivity contribution in [2.75, 3.05) is 0 Å². The first kappa shape index (κ1) is 15.3. The van der Waals surface area contributed by atoms with Crippen LogP contribution in [-0.4, -0.2) is 17.6 Å². The number of halogens is 1. The van der Waals surface area contributed by atoms with Crippen molar-refractivity contribution < 1.29 is 9.53 Å². The normalized spacial score (nSPS) is 12.4. The molecule has 1 aromatic rings. The van der Waals surface area contributed by atoms with Crippen LogP contribution < -0.4 is 10.1 Å². The maximum atomic E-state index is 11.8. The van der Waals surface area contributed by atoms with Crippen molar-refractivity contribution in [2.24, 2.45) is 0 Å². The second-order valence-corrected chi connectivity index (χ2v) is 5.66. The Bertz CT molecular complexity index is 515. The summed E-state index contributed by atoms with van der Waals surface area (Å²) >= 11 is 5.90. The third kappa shape index (κ3) is 4.80. The number of carbonyl (C=O) groups is 1. The van der Waals surface area contributed by atoms with Crippen molar-refractivity contribution in [1.82, 2.24) is 5.32 Å². The maximum absolute atomic E-state index is 11.8. The number of hydrogen-bond acceptors (Lipinski definition) is 3.